The lowest BCUT2D eigenvalue weighted by Crippen LogP contribution is -2.14. The van der Waals surface area contributed by atoms with E-state index in [1.807, 2.05) is 6.92 Å². The van der Waals surface area contributed by atoms with Crippen molar-refractivity contribution in [1.82, 2.24) is 0 Å². The van der Waals surface area contributed by atoms with Crippen LogP contribution in [0, 0.1) is 17.6 Å². The van der Waals surface area contributed by atoms with Crippen molar-refractivity contribution < 1.29 is 13.5 Å². The molecular formula is C36H44F2O. The molecular weight excluding hydrogens is 486 g/mol. The van der Waals surface area contributed by atoms with E-state index >= 15 is 0 Å². The Morgan fingerprint density at radius 2 is 1.36 bits per heavy atom. The van der Waals surface area contributed by atoms with Crippen molar-refractivity contribution in [3.63, 3.8) is 0 Å². The van der Waals surface area contributed by atoms with Crippen molar-refractivity contribution in [3.05, 3.63) is 101 Å². The summed E-state index contributed by atoms with van der Waals surface area (Å²) in [5.74, 6) is -0.940. The van der Waals surface area contributed by atoms with Crippen LogP contribution in [0.15, 0.2) is 72.8 Å². The van der Waals surface area contributed by atoms with Crippen molar-refractivity contribution in [2.24, 2.45) is 5.92 Å². The predicted molar refractivity (Wildman–Crippen MR) is 159 cm³/mol. The summed E-state index contributed by atoms with van der Waals surface area (Å²) in [4.78, 5) is 0. The fourth-order valence-corrected chi connectivity index (χ4v) is 5.65. The van der Waals surface area contributed by atoms with Crippen LogP contribution in [-0.2, 0) is 12.8 Å². The smallest absolute Gasteiger partial charge is 0.200 e. The molecule has 0 radical (unpaired) electrons. The highest BCUT2D eigenvalue weighted by atomic mass is 19.2. The van der Waals surface area contributed by atoms with Crippen LogP contribution in [0.3, 0.4) is 0 Å². The molecule has 3 aromatic carbocycles. The first-order valence-electron chi connectivity index (χ1n) is 15.0. The summed E-state index contributed by atoms with van der Waals surface area (Å²) >= 11 is 0. The van der Waals surface area contributed by atoms with Gasteiger partial charge in [0.15, 0.2) is 11.6 Å². The van der Waals surface area contributed by atoms with E-state index in [2.05, 4.69) is 67.6 Å². The maximum absolute atomic E-state index is 14.7. The minimum absolute atomic E-state index is 0.0242. The number of unbranched alkanes of at least 4 members (excludes halogenated alkanes) is 2. The lowest BCUT2D eigenvalue weighted by atomic mass is 9.78. The van der Waals surface area contributed by atoms with E-state index in [4.69, 9.17) is 4.74 Å². The second kappa shape index (κ2) is 15.0. The Labute approximate surface area is 234 Å². The molecule has 1 fully saturated rings. The summed E-state index contributed by atoms with van der Waals surface area (Å²) in [5.41, 5.74) is 5.83. The highest BCUT2D eigenvalue weighted by Gasteiger charge is 2.25. The topological polar surface area (TPSA) is 9.23 Å². The summed E-state index contributed by atoms with van der Waals surface area (Å²) in [5, 5.41) is 0. The third kappa shape index (κ3) is 8.27. The SMILES string of the molecule is CCCCCc1ccc(-c2ccc(CC/C=C/C3CCC(c4ccc(OCCC)c(F)c4F)CC3)cc2)cc1. The van der Waals surface area contributed by atoms with Gasteiger partial charge >= 0.3 is 0 Å². The number of halogens is 2. The van der Waals surface area contributed by atoms with Crippen molar-refractivity contribution in [3.8, 4) is 16.9 Å². The molecule has 0 aliphatic heterocycles. The van der Waals surface area contributed by atoms with E-state index < -0.39 is 11.6 Å². The Hall–Kier alpha value is -2.94. The number of hydrogen-bond donors (Lipinski definition) is 0. The Bertz CT molecular complexity index is 1170. The lowest BCUT2D eigenvalue weighted by molar-refractivity contribution is 0.292. The molecule has 0 bridgehead atoms. The highest BCUT2D eigenvalue weighted by Crippen LogP contribution is 2.39. The number of hydrogen-bond acceptors (Lipinski definition) is 1. The number of benzene rings is 3. The van der Waals surface area contributed by atoms with Gasteiger partial charge in [0.1, 0.15) is 0 Å². The third-order valence-electron chi connectivity index (χ3n) is 8.07. The Morgan fingerprint density at radius 1 is 0.718 bits per heavy atom. The average molecular weight is 531 g/mol. The second-order valence-electron chi connectivity index (χ2n) is 11.1. The minimum atomic E-state index is -0.841. The van der Waals surface area contributed by atoms with Gasteiger partial charge in [-0.05, 0) is 104 Å². The van der Waals surface area contributed by atoms with Crippen LogP contribution in [0.5, 0.6) is 5.75 Å². The fourth-order valence-electron chi connectivity index (χ4n) is 5.65. The van der Waals surface area contributed by atoms with Crippen LogP contribution in [0.1, 0.15) is 94.2 Å². The lowest BCUT2D eigenvalue weighted by Gasteiger charge is -2.27. The molecule has 1 aliphatic rings. The zero-order valence-corrected chi connectivity index (χ0v) is 23.7. The van der Waals surface area contributed by atoms with E-state index in [1.165, 1.54) is 47.9 Å². The van der Waals surface area contributed by atoms with Crippen molar-refractivity contribution >= 4 is 0 Å². The highest BCUT2D eigenvalue weighted by molar-refractivity contribution is 5.64. The molecule has 39 heavy (non-hydrogen) atoms. The Morgan fingerprint density at radius 3 is 1.97 bits per heavy atom. The largest absolute Gasteiger partial charge is 0.490 e. The van der Waals surface area contributed by atoms with Crippen LogP contribution < -0.4 is 4.74 Å². The first kappa shape index (κ1) is 29.1. The van der Waals surface area contributed by atoms with Gasteiger partial charge in [0.25, 0.3) is 0 Å². The molecule has 0 saturated heterocycles. The quantitative estimate of drug-likeness (QED) is 0.158. The molecule has 1 aliphatic carbocycles. The van der Waals surface area contributed by atoms with Gasteiger partial charge in [-0.25, -0.2) is 4.39 Å². The van der Waals surface area contributed by atoms with Gasteiger partial charge in [0.2, 0.25) is 5.82 Å². The van der Waals surface area contributed by atoms with E-state index in [-0.39, 0.29) is 11.7 Å². The standard InChI is InChI=1S/C36H44F2O/c1-3-5-6-9-27-12-18-30(19-13-27)31-20-14-28(15-21-31)10-7-8-11-29-16-22-32(23-17-29)33-24-25-34(39-26-4-2)36(38)35(33)37/h8,11-15,18-21,24-25,29,32H,3-7,9-10,16-17,22-23,26H2,1-2H3/b11-8+. The van der Waals surface area contributed by atoms with E-state index in [0.29, 0.717) is 18.1 Å². The van der Waals surface area contributed by atoms with Gasteiger partial charge in [-0.2, -0.15) is 4.39 Å². The van der Waals surface area contributed by atoms with E-state index in [1.54, 1.807) is 12.1 Å². The van der Waals surface area contributed by atoms with Gasteiger partial charge in [-0.1, -0.05) is 93.4 Å². The van der Waals surface area contributed by atoms with Gasteiger partial charge < -0.3 is 4.74 Å². The summed E-state index contributed by atoms with van der Waals surface area (Å²) in [6, 6.07) is 21.3. The fraction of sp³-hybridized carbons (Fsp3) is 0.444. The van der Waals surface area contributed by atoms with Crippen LogP contribution in [-0.4, -0.2) is 6.61 Å². The second-order valence-corrected chi connectivity index (χ2v) is 11.1. The number of ether oxygens (including phenoxy) is 1. The van der Waals surface area contributed by atoms with Crippen LogP contribution in [0.25, 0.3) is 11.1 Å². The first-order chi connectivity index (χ1) is 19.1. The summed E-state index contributed by atoms with van der Waals surface area (Å²) in [6.45, 7) is 4.59. The van der Waals surface area contributed by atoms with Crippen LogP contribution in [0.2, 0.25) is 0 Å². The number of rotatable bonds is 13. The normalized spacial score (nSPS) is 17.5. The molecule has 0 aromatic heterocycles. The summed E-state index contributed by atoms with van der Waals surface area (Å²) in [6.07, 6.45) is 16.3. The predicted octanol–water partition coefficient (Wildman–Crippen LogP) is 10.6. The van der Waals surface area contributed by atoms with Crippen LogP contribution >= 0.6 is 0 Å². The first-order valence-corrected chi connectivity index (χ1v) is 15.0. The summed E-state index contributed by atoms with van der Waals surface area (Å²) in [7, 11) is 0. The Balaban J connectivity index is 1.21. The summed E-state index contributed by atoms with van der Waals surface area (Å²) < 4.78 is 34.5. The van der Waals surface area contributed by atoms with Gasteiger partial charge in [-0.15, -0.1) is 0 Å². The molecule has 3 aromatic rings. The van der Waals surface area contributed by atoms with Gasteiger partial charge in [-0.3, -0.25) is 0 Å². The average Bonchev–Trinajstić information content (AvgIpc) is 2.97. The molecule has 0 unspecified atom stereocenters. The third-order valence-corrected chi connectivity index (χ3v) is 8.07. The molecule has 208 valence electrons. The zero-order valence-electron chi connectivity index (χ0n) is 23.7. The number of aryl methyl sites for hydroxylation is 2. The van der Waals surface area contributed by atoms with Gasteiger partial charge in [0.05, 0.1) is 6.61 Å². The Kier molecular flexibility index (Phi) is 11.2. The van der Waals surface area contributed by atoms with E-state index in [0.717, 1.165) is 44.9 Å². The van der Waals surface area contributed by atoms with Crippen molar-refractivity contribution in [2.75, 3.05) is 6.61 Å². The van der Waals surface area contributed by atoms with Crippen molar-refractivity contribution in [2.45, 2.75) is 90.4 Å². The molecule has 1 saturated carbocycles. The minimum Gasteiger partial charge on any atom is -0.490 e. The molecule has 0 N–H and O–H groups in total. The van der Waals surface area contributed by atoms with Gasteiger partial charge in [0, 0.05) is 0 Å². The van der Waals surface area contributed by atoms with Crippen LogP contribution in [0.4, 0.5) is 8.78 Å². The molecule has 1 nitrogen and oxygen atoms in total. The molecule has 0 heterocycles. The molecule has 0 spiro atoms. The number of allylic oxidation sites excluding steroid dienone is 2. The molecule has 3 heteroatoms. The zero-order chi connectivity index (χ0) is 27.5. The monoisotopic (exact) mass is 530 g/mol. The molecule has 4 rings (SSSR count). The van der Waals surface area contributed by atoms with E-state index in [9.17, 15) is 8.78 Å². The maximum atomic E-state index is 14.7. The maximum Gasteiger partial charge on any atom is 0.200 e. The van der Waals surface area contributed by atoms with Crippen molar-refractivity contribution in [1.29, 1.82) is 0 Å². The molecule has 0 amide bonds. The molecule has 0 atom stereocenters.